The molecule has 4 nitrogen and oxygen atoms in total. The fourth-order valence-electron chi connectivity index (χ4n) is 4.73. The lowest BCUT2D eigenvalue weighted by atomic mass is 9.75. The smallest absolute Gasteiger partial charge is 0.164 e. The number of rotatable bonds is 3. The highest BCUT2D eigenvalue weighted by Crippen LogP contribution is 2.59. The minimum Gasteiger partial charge on any atom is -0.504 e. The van der Waals surface area contributed by atoms with Gasteiger partial charge in [0.25, 0.3) is 0 Å². The van der Waals surface area contributed by atoms with Crippen molar-refractivity contribution in [2.45, 2.75) is 50.5 Å². The van der Waals surface area contributed by atoms with E-state index in [1.165, 1.54) is 18.4 Å². The van der Waals surface area contributed by atoms with Gasteiger partial charge in [-0.2, -0.15) is 0 Å². The first-order valence-corrected chi connectivity index (χ1v) is 9.34. The number of aromatic hydroxyl groups is 1. The van der Waals surface area contributed by atoms with Crippen molar-refractivity contribution < 1.29 is 19.3 Å². The molecule has 4 heteroatoms. The van der Waals surface area contributed by atoms with Crippen LogP contribution in [0.25, 0.3) is 0 Å². The van der Waals surface area contributed by atoms with Crippen molar-refractivity contribution in [1.82, 2.24) is 0 Å². The van der Waals surface area contributed by atoms with Crippen LogP contribution in [-0.2, 0) is 5.60 Å². The summed E-state index contributed by atoms with van der Waals surface area (Å²) >= 11 is 0. The fourth-order valence-corrected chi connectivity index (χ4v) is 4.73. The van der Waals surface area contributed by atoms with Gasteiger partial charge in [0, 0.05) is 23.1 Å². The highest BCUT2D eigenvalue weighted by Gasteiger charge is 2.51. The molecule has 0 saturated heterocycles. The van der Waals surface area contributed by atoms with Crippen LogP contribution in [0.2, 0.25) is 0 Å². The Morgan fingerprint density at radius 3 is 2.54 bits per heavy atom. The second-order valence-corrected chi connectivity index (χ2v) is 7.34. The first-order valence-electron chi connectivity index (χ1n) is 9.34. The Labute approximate surface area is 154 Å². The molecule has 0 bridgehead atoms. The zero-order valence-corrected chi connectivity index (χ0v) is 15.7. The van der Waals surface area contributed by atoms with E-state index in [1.54, 1.807) is 14.2 Å². The summed E-state index contributed by atoms with van der Waals surface area (Å²) in [5.74, 6) is 2.64. The summed E-state index contributed by atoms with van der Waals surface area (Å²) in [6.07, 6.45) is 5.57. The lowest BCUT2D eigenvalue weighted by Crippen LogP contribution is -2.34. The number of phenols is 1. The predicted molar refractivity (Wildman–Crippen MR) is 101 cm³/mol. The van der Waals surface area contributed by atoms with Crippen LogP contribution in [0.4, 0.5) is 0 Å². The molecular formula is C22H26O4. The molecule has 2 atom stereocenters. The summed E-state index contributed by atoms with van der Waals surface area (Å²) in [7, 11) is 3.26. The van der Waals surface area contributed by atoms with E-state index in [1.807, 2.05) is 25.1 Å². The minimum atomic E-state index is -0.380. The summed E-state index contributed by atoms with van der Waals surface area (Å²) in [6, 6.07) is 10.1. The SMILES string of the molecule is COc1ccc(C23CCCCCC2c2c(cc(OC)c(O)c2C)O3)cc1. The number of fused-ring (bicyclic) bond motifs is 3. The second kappa shape index (κ2) is 6.42. The van der Waals surface area contributed by atoms with Gasteiger partial charge in [-0.05, 0) is 43.9 Å². The van der Waals surface area contributed by atoms with Crippen molar-refractivity contribution in [2.75, 3.05) is 14.2 Å². The van der Waals surface area contributed by atoms with Crippen LogP contribution >= 0.6 is 0 Å². The molecule has 2 aromatic carbocycles. The molecule has 2 aromatic rings. The Morgan fingerprint density at radius 2 is 1.85 bits per heavy atom. The van der Waals surface area contributed by atoms with E-state index < -0.39 is 0 Å². The number of ether oxygens (including phenoxy) is 3. The van der Waals surface area contributed by atoms with Crippen LogP contribution < -0.4 is 14.2 Å². The molecule has 1 heterocycles. The second-order valence-electron chi connectivity index (χ2n) is 7.34. The average molecular weight is 354 g/mol. The molecule has 4 rings (SSSR count). The van der Waals surface area contributed by atoms with Gasteiger partial charge in [0.15, 0.2) is 11.5 Å². The minimum absolute atomic E-state index is 0.227. The van der Waals surface area contributed by atoms with E-state index in [2.05, 4.69) is 12.1 Å². The number of hydrogen-bond acceptors (Lipinski definition) is 4. The van der Waals surface area contributed by atoms with Gasteiger partial charge in [0.05, 0.1) is 14.2 Å². The summed E-state index contributed by atoms with van der Waals surface area (Å²) in [4.78, 5) is 0. The Bertz CT molecular complexity index is 812. The highest BCUT2D eigenvalue weighted by molar-refractivity contribution is 5.61. The molecule has 26 heavy (non-hydrogen) atoms. The Balaban J connectivity index is 1.87. The van der Waals surface area contributed by atoms with Crippen molar-refractivity contribution in [1.29, 1.82) is 0 Å². The normalized spacial score (nSPS) is 24.2. The third-order valence-corrected chi connectivity index (χ3v) is 6.06. The Kier molecular flexibility index (Phi) is 4.22. The number of hydrogen-bond donors (Lipinski definition) is 1. The van der Waals surface area contributed by atoms with E-state index in [0.29, 0.717) is 5.75 Å². The van der Waals surface area contributed by atoms with E-state index in [4.69, 9.17) is 14.2 Å². The first kappa shape index (κ1) is 17.1. The third-order valence-electron chi connectivity index (χ3n) is 6.06. The van der Waals surface area contributed by atoms with Crippen molar-refractivity contribution in [3.8, 4) is 23.0 Å². The predicted octanol–water partition coefficient (Wildman–Crippen LogP) is 5.05. The van der Waals surface area contributed by atoms with Crippen LogP contribution in [-0.4, -0.2) is 19.3 Å². The average Bonchev–Trinajstić information content (AvgIpc) is 2.84. The zero-order chi connectivity index (χ0) is 18.3. The molecule has 2 aliphatic rings. The number of methoxy groups -OCH3 is 2. The molecule has 2 unspecified atom stereocenters. The van der Waals surface area contributed by atoms with Crippen molar-refractivity contribution in [3.63, 3.8) is 0 Å². The lowest BCUT2D eigenvalue weighted by Gasteiger charge is -2.34. The molecule has 1 fully saturated rings. The van der Waals surface area contributed by atoms with E-state index >= 15 is 0 Å². The van der Waals surface area contributed by atoms with E-state index in [9.17, 15) is 5.11 Å². The van der Waals surface area contributed by atoms with Gasteiger partial charge in [-0.1, -0.05) is 25.0 Å². The lowest BCUT2D eigenvalue weighted by molar-refractivity contribution is 0.0570. The fraction of sp³-hybridized carbons (Fsp3) is 0.455. The van der Waals surface area contributed by atoms with Crippen LogP contribution in [0.15, 0.2) is 30.3 Å². The van der Waals surface area contributed by atoms with E-state index in [0.717, 1.165) is 41.9 Å². The summed E-state index contributed by atoms with van der Waals surface area (Å²) in [5, 5.41) is 10.5. The van der Waals surface area contributed by atoms with Crippen LogP contribution in [0.3, 0.4) is 0 Å². The Morgan fingerprint density at radius 1 is 1.08 bits per heavy atom. The molecule has 1 aliphatic carbocycles. The van der Waals surface area contributed by atoms with Gasteiger partial charge >= 0.3 is 0 Å². The van der Waals surface area contributed by atoms with Crippen molar-refractivity contribution >= 4 is 0 Å². The van der Waals surface area contributed by atoms with Gasteiger partial charge in [0.2, 0.25) is 0 Å². The third kappa shape index (κ3) is 2.43. The molecule has 0 radical (unpaired) electrons. The number of phenolic OH excluding ortho intramolecular Hbond substituents is 1. The van der Waals surface area contributed by atoms with E-state index in [-0.39, 0.29) is 17.3 Å². The zero-order valence-electron chi connectivity index (χ0n) is 15.7. The maximum absolute atomic E-state index is 10.5. The van der Waals surface area contributed by atoms with Gasteiger partial charge in [0.1, 0.15) is 17.1 Å². The van der Waals surface area contributed by atoms with Crippen LogP contribution in [0.5, 0.6) is 23.0 Å². The molecule has 138 valence electrons. The van der Waals surface area contributed by atoms with Gasteiger partial charge < -0.3 is 19.3 Å². The maximum atomic E-state index is 10.5. The van der Waals surface area contributed by atoms with Gasteiger partial charge in [-0.15, -0.1) is 0 Å². The Hall–Kier alpha value is -2.36. The van der Waals surface area contributed by atoms with Crippen molar-refractivity contribution in [3.05, 3.63) is 47.0 Å². The summed E-state index contributed by atoms with van der Waals surface area (Å²) in [6.45, 7) is 1.97. The summed E-state index contributed by atoms with van der Waals surface area (Å²) < 4.78 is 17.4. The van der Waals surface area contributed by atoms with Crippen LogP contribution in [0, 0.1) is 6.92 Å². The molecule has 1 aliphatic heterocycles. The van der Waals surface area contributed by atoms with Crippen molar-refractivity contribution in [2.24, 2.45) is 0 Å². The molecule has 1 saturated carbocycles. The maximum Gasteiger partial charge on any atom is 0.164 e. The first-order chi connectivity index (χ1) is 12.6. The largest absolute Gasteiger partial charge is 0.504 e. The number of benzene rings is 2. The quantitative estimate of drug-likeness (QED) is 0.837. The topological polar surface area (TPSA) is 47.9 Å². The summed E-state index contributed by atoms with van der Waals surface area (Å²) in [5.41, 5.74) is 2.82. The standard InChI is InChI=1S/C22H26O4/c1-14-20-17-7-5-4-6-12-22(17,15-8-10-16(24-2)11-9-15)26-18(20)13-19(25-3)21(14)23/h8-11,13,17,23H,4-7,12H2,1-3H3. The van der Waals surface area contributed by atoms with Gasteiger partial charge in [-0.3, -0.25) is 0 Å². The monoisotopic (exact) mass is 354 g/mol. The van der Waals surface area contributed by atoms with Gasteiger partial charge in [-0.25, -0.2) is 0 Å². The molecule has 0 aromatic heterocycles. The van der Waals surface area contributed by atoms with Crippen LogP contribution in [0.1, 0.15) is 54.7 Å². The molecule has 0 amide bonds. The molecule has 1 N–H and O–H groups in total. The highest BCUT2D eigenvalue weighted by atomic mass is 16.5. The molecular weight excluding hydrogens is 328 g/mol. The molecule has 0 spiro atoms.